The molecule has 0 saturated heterocycles. The van der Waals surface area contributed by atoms with E-state index in [1.54, 1.807) is 0 Å². The zero-order valence-corrected chi connectivity index (χ0v) is 11.7. The Morgan fingerprint density at radius 3 is 2.56 bits per heavy atom. The van der Waals surface area contributed by atoms with E-state index in [1.165, 1.54) is 19.3 Å². The predicted octanol–water partition coefficient (Wildman–Crippen LogP) is 4.23. The monoisotopic (exact) mass is 259 g/mol. The summed E-state index contributed by atoms with van der Waals surface area (Å²) in [4.78, 5) is 0. The zero-order valence-electron chi connectivity index (χ0n) is 11.7. The molecule has 0 bridgehead atoms. The molecule has 0 heterocycles. The minimum atomic E-state index is -2.40. The van der Waals surface area contributed by atoms with E-state index in [1.807, 2.05) is 0 Å². The normalized spacial score (nSPS) is 40.7. The summed E-state index contributed by atoms with van der Waals surface area (Å²) >= 11 is 0. The average molecular weight is 259 g/mol. The number of hydrogen-bond acceptors (Lipinski definition) is 1. The van der Waals surface area contributed by atoms with Gasteiger partial charge in [0, 0.05) is 18.9 Å². The second-order valence-corrected chi connectivity index (χ2v) is 6.69. The lowest BCUT2D eigenvalue weighted by atomic mass is 9.79. The molecule has 2 aliphatic carbocycles. The molecule has 106 valence electrons. The van der Waals surface area contributed by atoms with Crippen LogP contribution in [-0.4, -0.2) is 18.5 Å². The van der Waals surface area contributed by atoms with E-state index in [-0.39, 0.29) is 18.8 Å². The molecular formula is C15H27F2N. The molecule has 1 N–H and O–H groups in total. The summed E-state index contributed by atoms with van der Waals surface area (Å²) in [5.74, 6) is -0.631. The number of halogens is 2. The molecule has 0 aromatic rings. The summed E-state index contributed by atoms with van der Waals surface area (Å²) < 4.78 is 26.6. The van der Waals surface area contributed by atoms with Gasteiger partial charge in [0.2, 0.25) is 5.92 Å². The Morgan fingerprint density at radius 2 is 1.89 bits per heavy atom. The lowest BCUT2D eigenvalue weighted by Gasteiger charge is -2.35. The first-order chi connectivity index (χ1) is 8.46. The van der Waals surface area contributed by atoms with Gasteiger partial charge in [-0.25, -0.2) is 8.78 Å². The van der Waals surface area contributed by atoms with Crippen molar-refractivity contribution < 1.29 is 8.78 Å². The van der Waals surface area contributed by atoms with Crippen LogP contribution in [0.25, 0.3) is 0 Å². The van der Waals surface area contributed by atoms with Gasteiger partial charge in [0.15, 0.2) is 0 Å². The van der Waals surface area contributed by atoms with Gasteiger partial charge in [0.1, 0.15) is 0 Å². The molecule has 4 unspecified atom stereocenters. The Kier molecular flexibility index (Phi) is 4.63. The van der Waals surface area contributed by atoms with Crippen molar-refractivity contribution >= 4 is 0 Å². The molecule has 4 atom stereocenters. The quantitative estimate of drug-likeness (QED) is 0.800. The van der Waals surface area contributed by atoms with Gasteiger partial charge in [0.05, 0.1) is 0 Å². The third-order valence-electron chi connectivity index (χ3n) is 5.04. The number of rotatable bonds is 3. The molecule has 0 aromatic heterocycles. The minimum absolute atomic E-state index is 0.0959. The Morgan fingerprint density at radius 1 is 1.11 bits per heavy atom. The van der Waals surface area contributed by atoms with Gasteiger partial charge in [-0.1, -0.05) is 13.8 Å². The van der Waals surface area contributed by atoms with Gasteiger partial charge in [-0.2, -0.15) is 0 Å². The highest BCUT2D eigenvalue weighted by Gasteiger charge is 2.36. The fourth-order valence-corrected chi connectivity index (χ4v) is 3.52. The van der Waals surface area contributed by atoms with Crippen LogP contribution in [0.4, 0.5) is 8.78 Å². The van der Waals surface area contributed by atoms with E-state index in [0.29, 0.717) is 12.5 Å². The van der Waals surface area contributed by atoms with E-state index in [2.05, 4.69) is 19.2 Å². The predicted molar refractivity (Wildman–Crippen MR) is 70.9 cm³/mol. The van der Waals surface area contributed by atoms with Crippen LogP contribution < -0.4 is 5.32 Å². The second-order valence-electron chi connectivity index (χ2n) is 6.69. The first-order valence-electron chi connectivity index (χ1n) is 7.57. The molecule has 0 amide bonds. The molecule has 2 saturated carbocycles. The highest BCUT2D eigenvalue weighted by molar-refractivity contribution is 4.83. The van der Waals surface area contributed by atoms with Crippen molar-refractivity contribution in [1.29, 1.82) is 0 Å². The average Bonchev–Trinajstić information content (AvgIpc) is 2.29. The summed E-state index contributed by atoms with van der Waals surface area (Å²) in [5.41, 5.74) is 0. The number of hydrogen-bond donors (Lipinski definition) is 1. The fourth-order valence-electron chi connectivity index (χ4n) is 3.52. The Balaban J connectivity index is 1.71. The molecule has 0 aromatic carbocycles. The van der Waals surface area contributed by atoms with Crippen LogP contribution in [0.3, 0.4) is 0 Å². The SMILES string of the molecule is CC1CCC(NCC2CCCC(F)(F)C2)CC1C. The van der Waals surface area contributed by atoms with Gasteiger partial charge in [-0.05, 0) is 56.4 Å². The standard InChI is InChI=1S/C15H27F2N/c1-11-5-6-14(8-12(11)2)18-10-13-4-3-7-15(16,17)9-13/h11-14,18H,3-10H2,1-2H3. The van der Waals surface area contributed by atoms with Crippen LogP contribution >= 0.6 is 0 Å². The maximum atomic E-state index is 13.3. The lowest BCUT2D eigenvalue weighted by Crippen LogP contribution is -2.40. The summed E-state index contributed by atoms with van der Waals surface area (Å²) in [6.45, 7) is 5.43. The highest BCUT2D eigenvalue weighted by atomic mass is 19.3. The van der Waals surface area contributed by atoms with E-state index in [9.17, 15) is 8.78 Å². The molecule has 0 radical (unpaired) electrons. The molecule has 2 aliphatic rings. The van der Waals surface area contributed by atoms with Gasteiger partial charge in [-0.3, -0.25) is 0 Å². The lowest BCUT2D eigenvalue weighted by molar-refractivity contribution is -0.0525. The number of nitrogens with one attached hydrogen (secondary N) is 1. The van der Waals surface area contributed by atoms with Crippen LogP contribution in [0.2, 0.25) is 0 Å². The first-order valence-corrected chi connectivity index (χ1v) is 7.57. The van der Waals surface area contributed by atoms with E-state index in [0.717, 1.165) is 24.8 Å². The highest BCUT2D eigenvalue weighted by Crippen LogP contribution is 2.36. The number of alkyl halides is 2. The third-order valence-corrected chi connectivity index (χ3v) is 5.04. The van der Waals surface area contributed by atoms with Crippen molar-refractivity contribution in [3.63, 3.8) is 0 Å². The summed E-state index contributed by atoms with van der Waals surface area (Å²) in [6.07, 6.45) is 5.57. The van der Waals surface area contributed by atoms with E-state index >= 15 is 0 Å². The molecule has 2 fully saturated rings. The van der Waals surface area contributed by atoms with Crippen molar-refractivity contribution in [2.45, 2.75) is 70.8 Å². The smallest absolute Gasteiger partial charge is 0.248 e. The van der Waals surface area contributed by atoms with Crippen molar-refractivity contribution in [3.05, 3.63) is 0 Å². The maximum Gasteiger partial charge on any atom is 0.248 e. The molecule has 2 rings (SSSR count). The Bertz CT molecular complexity index is 267. The third kappa shape index (κ3) is 3.91. The molecule has 0 spiro atoms. The largest absolute Gasteiger partial charge is 0.314 e. The van der Waals surface area contributed by atoms with Crippen LogP contribution in [0.5, 0.6) is 0 Å². The Hall–Kier alpha value is -0.180. The minimum Gasteiger partial charge on any atom is -0.314 e. The van der Waals surface area contributed by atoms with Crippen LogP contribution in [0, 0.1) is 17.8 Å². The van der Waals surface area contributed by atoms with Crippen LogP contribution in [0.1, 0.15) is 58.8 Å². The fraction of sp³-hybridized carbons (Fsp3) is 1.00. The van der Waals surface area contributed by atoms with Crippen LogP contribution in [-0.2, 0) is 0 Å². The van der Waals surface area contributed by atoms with E-state index in [4.69, 9.17) is 0 Å². The molecular weight excluding hydrogens is 232 g/mol. The van der Waals surface area contributed by atoms with Crippen molar-refractivity contribution in [2.75, 3.05) is 6.54 Å². The molecule has 0 aliphatic heterocycles. The maximum absolute atomic E-state index is 13.3. The van der Waals surface area contributed by atoms with Gasteiger partial charge in [0.25, 0.3) is 0 Å². The molecule has 1 nitrogen and oxygen atoms in total. The van der Waals surface area contributed by atoms with Crippen molar-refractivity contribution in [1.82, 2.24) is 5.32 Å². The van der Waals surface area contributed by atoms with Gasteiger partial charge >= 0.3 is 0 Å². The van der Waals surface area contributed by atoms with Gasteiger partial charge in [-0.15, -0.1) is 0 Å². The summed E-state index contributed by atoms with van der Waals surface area (Å²) in [6, 6.07) is 0.562. The Labute approximate surface area is 110 Å². The van der Waals surface area contributed by atoms with Gasteiger partial charge < -0.3 is 5.32 Å². The van der Waals surface area contributed by atoms with Crippen LogP contribution in [0.15, 0.2) is 0 Å². The topological polar surface area (TPSA) is 12.0 Å². The summed E-state index contributed by atoms with van der Waals surface area (Å²) in [5, 5.41) is 3.55. The molecule has 18 heavy (non-hydrogen) atoms. The van der Waals surface area contributed by atoms with E-state index < -0.39 is 5.92 Å². The second kappa shape index (κ2) is 5.85. The molecule has 3 heteroatoms. The van der Waals surface area contributed by atoms with Crippen molar-refractivity contribution in [2.24, 2.45) is 17.8 Å². The first kappa shape index (κ1) is 14.2. The zero-order chi connectivity index (χ0) is 13.2. The summed E-state index contributed by atoms with van der Waals surface area (Å²) in [7, 11) is 0. The van der Waals surface area contributed by atoms with Crippen molar-refractivity contribution in [3.8, 4) is 0 Å².